The summed E-state index contributed by atoms with van der Waals surface area (Å²) in [5, 5.41) is 2.48. The monoisotopic (exact) mass is 565 g/mol. The minimum absolute atomic E-state index is 0.00332. The maximum Gasteiger partial charge on any atom is 0.417 e. The summed E-state index contributed by atoms with van der Waals surface area (Å²) in [6.07, 6.45) is -6.33. The van der Waals surface area contributed by atoms with E-state index < -0.39 is 53.0 Å². The van der Waals surface area contributed by atoms with E-state index in [1.165, 1.54) is 20.9 Å². The highest BCUT2D eigenvalue weighted by Crippen LogP contribution is 2.59. The highest BCUT2D eigenvalue weighted by Gasteiger charge is 2.65. The second-order valence-electron chi connectivity index (χ2n) is 9.64. The molecule has 12 heteroatoms. The van der Waals surface area contributed by atoms with Gasteiger partial charge >= 0.3 is 6.18 Å². The molecule has 3 aromatic rings. The Morgan fingerprint density at radius 3 is 2.40 bits per heavy atom. The van der Waals surface area contributed by atoms with Crippen molar-refractivity contribution in [3.05, 3.63) is 82.3 Å². The summed E-state index contributed by atoms with van der Waals surface area (Å²) in [5.74, 6) is -6.59. The van der Waals surface area contributed by atoms with Crippen LogP contribution in [0, 0.1) is 24.5 Å². The van der Waals surface area contributed by atoms with Crippen LogP contribution < -0.4 is 14.8 Å². The van der Waals surface area contributed by atoms with Crippen LogP contribution in [0.3, 0.4) is 0 Å². The number of carbonyl (C=O) groups excluding carboxylic acids is 1. The van der Waals surface area contributed by atoms with Gasteiger partial charge in [0.2, 0.25) is 11.7 Å². The van der Waals surface area contributed by atoms with Gasteiger partial charge in [0.15, 0.2) is 23.0 Å². The summed E-state index contributed by atoms with van der Waals surface area (Å²) < 4.78 is 88.5. The Hall–Kier alpha value is -3.80. The number of aromatic nitrogens is 2. The smallest absolute Gasteiger partial charge is 0.417 e. The molecule has 40 heavy (non-hydrogen) atoms. The Kier molecular flexibility index (Phi) is 8.02. The summed E-state index contributed by atoms with van der Waals surface area (Å²) in [6, 6.07) is 11.0. The van der Waals surface area contributed by atoms with Crippen LogP contribution in [0.15, 0.2) is 42.5 Å². The number of nitrogens with zero attached hydrogens (tertiary/aromatic N) is 2. The van der Waals surface area contributed by atoms with Gasteiger partial charge in [0.05, 0.1) is 12.8 Å². The molecule has 7 nitrogen and oxygen atoms in total. The highest BCUT2D eigenvalue weighted by molar-refractivity contribution is 5.97. The first-order valence-corrected chi connectivity index (χ1v) is 12.4. The summed E-state index contributed by atoms with van der Waals surface area (Å²) in [6.45, 7) is 3.68. The van der Waals surface area contributed by atoms with Crippen LogP contribution in [-0.4, -0.2) is 41.8 Å². The lowest BCUT2D eigenvalue weighted by Crippen LogP contribution is -2.46. The van der Waals surface area contributed by atoms with Crippen LogP contribution in [0.5, 0.6) is 11.6 Å². The van der Waals surface area contributed by atoms with Gasteiger partial charge in [-0.25, -0.2) is 9.37 Å². The first-order chi connectivity index (χ1) is 18.8. The molecule has 2 aromatic carbocycles. The predicted octanol–water partition coefficient (Wildman–Crippen LogP) is 5.82. The minimum atomic E-state index is -4.84. The number of methoxy groups -OCH3 is 1. The normalized spacial score (nSPS) is 22.7. The molecule has 4 atom stereocenters. The van der Waals surface area contributed by atoms with Gasteiger partial charge in [-0.1, -0.05) is 43.3 Å². The number of alkyl halides is 3. The molecule has 1 aromatic heterocycles. The average Bonchev–Trinajstić information content (AvgIpc) is 3.20. The van der Waals surface area contributed by atoms with Gasteiger partial charge in [0, 0.05) is 24.4 Å². The molecule has 0 spiro atoms. The number of carbonyl (C=O) groups is 1. The number of ether oxygens (including phenoxy) is 3. The molecule has 2 heterocycles. The van der Waals surface area contributed by atoms with Crippen molar-refractivity contribution in [3.8, 4) is 11.6 Å². The van der Waals surface area contributed by atoms with Gasteiger partial charge in [0.25, 0.3) is 5.91 Å². The zero-order chi connectivity index (χ0) is 29.4. The Balaban J connectivity index is 1.89. The van der Waals surface area contributed by atoms with Gasteiger partial charge < -0.3 is 19.5 Å². The molecule has 1 saturated heterocycles. The summed E-state index contributed by atoms with van der Waals surface area (Å²) >= 11 is 0. The SMILES string of the molecule is CNC(=O)c1c(C)nc([C@@H]2O[C@@](C)(C(F)(F)F)[C@@H](C)[C@H]2c2ccc(F)c(F)c2OC)nc1OCc1ccccc1. The van der Waals surface area contributed by atoms with Gasteiger partial charge in [-0.3, -0.25) is 4.79 Å². The van der Waals surface area contributed by atoms with E-state index in [1.807, 2.05) is 6.07 Å². The van der Waals surface area contributed by atoms with E-state index in [4.69, 9.17) is 14.2 Å². The zero-order valence-electron chi connectivity index (χ0n) is 22.4. The lowest BCUT2D eigenvalue weighted by atomic mass is 9.77. The highest BCUT2D eigenvalue weighted by atomic mass is 19.4. The Morgan fingerprint density at radius 1 is 1.12 bits per heavy atom. The first kappa shape index (κ1) is 29.2. The second kappa shape index (κ2) is 11.0. The standard InChI is InChI=1S/C28H28F5N3O4/c1-14-19(17-11-12-18(29)21(30)22(17)38-5)23(40-27(14,3)28(31,32)33)24-35-15(2)20(25(37)34-4)26(36-24)39-13-16-9-7-6-8-10-16/h6-12,14,19,23H,13H2,1-5H3,(H,34,37)/t14-,19-,23+,27+/m0/s1. The van der Waals surface area contributed by atoms with Crippen LogP contribution in [0.2, 0.25) is 0 Å². The molecule has 0 aliphatic carbocycles. The Bertz CT molecular complexity index is 1400. The third-order valence-corrected chi connectivity index (χ3v) is 7.31. The fourth-order valence-corrected chi connectivity index (χ4v) is 4.95. The van der Waals surface area contributed by atoms with E-state index in [2.05, 4.69) is 15.3 Å². The molecular formula is C28H28F5N3O4. The molecule has 4 rings (SSSR count). The van der Waals surface area contributed by atoms with Crippen molar-refractivity contribution in [2.45, 2.75) is 51.2 Å². The number of benzene rings is 2. The molecule has 1 aliphatic rings. The van der Waals surface area contributed by atoms with E-state index in [-0.39, 0.29) is 35.1 Å². The topological polar surface area (TPSA) is 82.6 Å². The van der Waals surface area contributed by atoms with Crippen molar-refractivity contribution < 1.29 is 41.0 Å². The number of nitrogens with one attached hydrogen (secondary N) is 1. The predicted molar refractivity (Wildman–Crippen MR) is 134 cm³/mol. The number of hydrogen-bond donors (Lipinski definition) is 1. The molecule has 1 aliphatic heterocycles. The molecular weight excluding hydrogens is 537 g/mol. The number of hydrogen-bond acceptors (Lipinski definition) is 6. The van der Waals surface area contributed by atoms with Gasteiger partial charge in [-0.15, -0.1) is 0 Å². The van der Waals surface area contributed by atoms with E-state index in [0.29, 0.717) is 0 Å². The van der Waals surface area contributed by atoms with E-state index in [0.717, 1.165) is 31.7 Å². The molecule has 0 bridgehead atoms. The lowest BCUT2D eigenvalue weighted by molar-refractivity contribution is -0.275. The summed E-state index contributed by atoms with van der Waals surface area (Å²) in [7, 11) is 2.49. The second-order valence-corrected chi connectivity index (χ2v) is 9.64. The van der Waals surface area contributed by atoms with Crippen LogP contribution in [0.25, 0.3) is 0 Å². The van der Waals surface area contributed by atoms with Crippen LogP contribution in [0.1, 0.15) is 58.9 Å². The zero-order valence-corrected chi connectivity index (χ0v) is 22.4. The molecule has 1 fully saturated rings. The van der Waals surface area contributed by atoms with Crippen LogP contribution in [-0.2, 0) is 11.3 Å². The van der Waals surface area contributed by atoms with E-state index >= 15 is 0 Å². The number of rotatable bonds is 7. The lowest BCUT2D eigenvalue weighted by Gasteiger charge is -2.32. The Labute approximate surface area is 227 Å². The minimum Gasteiger partial charge on any atom is -0.493 e. The van der Waals surface area contributed by atoms with Gasteiger partial charge in [-0.2, -0.15) is 22.5 Å². The molecule has 0 unspecified atom stereocenters. The van der Waals surface area contributed by atoms with Crippen molar-refractivity contribution in [2.24, 2.45) is 5.92 Å². The fourth-order valence-electron chi connectivity index (χ4n) is 4.95. The fraction of sp³-hybridized carbons (Fsp3) is 0.393. The number of aryl methyl sites for hydroxylation is 1. The largest absolute Gasteiger partial charge is 0.493 e. The molecule has 0 saturated carbocycles. The molecule has 1 N–H and O–H groups in total. The summed E-state index contributed by atoms with van der Waals surface area (Å²) in [5.41, 5.74) is -1.88. The maximum absolute atomic E-state index is 14.7. The average molecular weight is 566 g/mol. The van der Waals surface area contributed by atoms with Crippen molar-refractivity contribution in [1.82, 2.24) is 15.3 Å². The van der Waals surface area contributed by atoms with Crippen molar-refractivity contribution >= 4 is 5.91 Å². The third-order valence-electron chi connectivity index (χ3n) is 7.31. The first-order valence-electron chi connectivity index (χ1n) is 12.4. The van der Waals surface area contributed by atoms with Crippen LogP contribution in [0.4, 0.5) is 22.0 Å². The van der Waals surface area contributed by atoms with E-state index in [1.54, 1.807) is 24.3 Å². The number of halogens is 5. The van der Waals surface area contributed by atoms with Crippen molar-refractivity contribution in [2.75, 3.05) is 14.2 Å². The maximum atomic E-state index is 14.7. The molecule has 214 valence electrons. The van der Waals surface area contributed by atoms with Crippen molar-refractivity contribution in [1.29, 1.82) is 0 Å². The van der Waals surface area contributed by atoms with Crippen molar-refractivity contribution in [3.63, 3.8) is 0 Å². The number of amides is 1. The molecule has 0 radical (unpaired) electrons. The van der Waals surface area contributed by atoms with E-state index in [9.17, 15) is 26.7 Å². The molecule has 1 amide bonds. The Morgan fingerprint density at radius 2 is 1.80 bits per heavy atom. The van der Waals surface area contributed by atoms with Gasteiger partial charge in [0.1, 0.15) is 18.3 Å². The van der Waals surface area contributed by atoms with Crippen LogP contribution >= 0.6 is 0 Å². The third kappa shape index (κ3) is 5.07. The summed E-state index contributed by atoms with van der Waals surface area (Å²) in [4.78, 5) is 21.4. The quantitative estimate of drug-likeness (QED) is 0.364. The van der Waals surface area contributed by atoms with Gasteiger partial charge in [-0.05, 0) is 25.5 Å².